The van der Waals surface area contributed by atoms with Gasteiger partial charge in [0.2, 0.25) is 0 Å². The molecule has 0 saturated carbocycles. The van der Waals surface area contributed by atoms with Gasteiger partial charge in [0.1, 0.15) is 4.88 Å². The normalized spacial score (nSPS) is 10.6. The number of thiophene rings is 1. The van der Waals surface area contributed by atoms with Crippen LogP contribution < -0.4 is 5.73 Å². The fourth-order valence-corrected chi connectivity index (χ4v) is 3.07. The average molecular weight is 261 g/mol. The highest BCUT2D eigenvalue weighted by atomic mass is 32.1. The number of hydrogen-bond acceptors (Lipinski definition) is 3. The highest BCUT2D eigenvalue weighted by Gasteiger charge is 2.19. The van der Waals surface area contributed by atoms with Crippen LogP contribution in [0.5, 0.6) is 0 Å². The Bertz CT molecular complexity index is 629. The van der Waals surface area contributed by atoms with Gasteiger partial charge in [-0.15, -0.1) is 11.3 Å². The van der Waals surface area contributed by atoms with Crippen LogP contribution in [0.2, 0.25) is 0 Å². The van der Waals surface area contributed by atoms with Gasteiger partial charge >= 0.3 is 5.97 Å². The molecule has 1 aromatic carbocycles. The van der Waals surface area contributed by atoms with Crippen molar-refractivity contribution in [2.45, 2.75) is 20.8 Å². The molecule has 4 heteroatoms. The molecule has 2 aromatic rings. The molecule has 0 radical (unpaired) electrons. The van der Waals surface area contributed by atoms with Gasteiger partial charge in [0.05, 0.1) is 5.69 Å². The Balaban J connectivity index is 2.68. The van der Waals surface area contributed by atoms with E-state index in [2.05, 4.69) is 6.07 Å². The van der Waals surface area contributed by atoms with Gasteiger partial charge in [-0.25, -0.2) is 4.79 Å². The number of hydrogen-bond donors (Lipinski definition) is 2. The predicted molar refractivity (Wildman–Crippen MR) is 75.3 cm³/mol. The van der Waals surface area contributed by atoms with Gasteiger partial charge in [-0.05, 0) is 37.5 Å². The monoisotopic (exact) mass is 261 g/mol. The molecule has 0 amide bonds. The van der Waals surface area contributed by atoms with Crippen molar-refractivity contribution in [1.82, 2.24) is 0 Å². The Morgan fingerprint density at radius 1 is 1.28 bits per heavy atom. The van der Waals surface area contributed by atoms with Gasteiger partial charge in [0.15, 0.2) is 0 Å². The average Bonchev–Trinajstić information content (AvgIpc) is 2.60. The summed E-state index contributed by atoms with van der Waals surface area (Å²) in [6.45, 7) is 5.91. The van der Waals surface area contributed by atoms with Crippen molar-refractivity contribution in [3.8, 4) is 10.4 Å². The van der Waals surface area contributed by atoms with Crippen LogP contribution in [-0.4, -0.2) is 11.1 Å². The van der Waals surface area contributed by atoms with E-state index in [1.165, 1.54) is 11.3 Å². The SMILES string of the molecule is Cc1ccc(C)c(-c2sc(C(=O)O)c(N)c2C)c1. The first-order valence-corrected chi connectivity index (χ1v) is 6.43. The molecule has 1 heterocycles. The molecule has 0 saturated heterocycles. The zero-order valence-electron chi connectivity index (χ0n) is 10.6. The van der Waals surface area contributed by atoms with E-state index in [1.54, 1.807) is 0 Å². The fourth-order valence-electron chi connectivity index (χ4n) is 1.92. The first-order chi connectivity index (χ1) is 8.41. The van der Waals surface area contributed by atoms with E-state index in [0.717, 1.165) is 27.1 Å². The largest absolute Gasteiger partial charge is 0.477 e. The highest BCUT2D eigenvalue weighted by molar-refractivity contribution is 7.18. The van der Waals surface area contributed by atoms with E-state index in [9.17, 15) is 4.79 Å². The summed E-state index contributed by atoms with van der Waals surface area (Å²) in [6.07, 6.45) is 0. The number of nitrogen functional groups attached to an aromatic ring is 1. The Morgan fingerprint density at radius 2 is 1.94 bits per heavy atom. The van der Waals surface area contributed by atoms with Gasteiger partial charge in [-0.1, -0.05) is 23.8 Å². The van der Waals surface area contributed by atoms with Crippen LogP contribution in [0.4, 0.5) is 5.69 Å². The molecule has 0 aliphatic heterocycles. The summed E-state index contributed by atoms with van der Waals surface area (Å²) in [7, 11) is 0. The predicted octanol–water partition coefficient (Wildman–Crippen LogP) is 3.62. The number of carboxylic acid groups (broad SMARTS) is 1. The van der Waals surface area contributed by atoms with Crippen molar-refractivity contribution in [3.63, 3.8) is 0 Å². The second-order valence-corrected chi connectivity index (χ2v) is 5.44. The first-order valence-electron chi connectivity index (χ1n) is 5.61. The summed E-state index contributed by atoms with van der Waals surface area (Å²) >= 11 is 1.25. The van der Waals surface area contributed by atoms with Crippen LogP contribution in [0.15, 0.2) is 18.2 Å². The lowest BCUT2D eigenvalue weighted by molar-refractivity contribution is 0.0703. The number of aryl methyl sites for hydroxylation is 2. The summed E-state index contributed by atoms with van der Waals surface area (Å²) in [6, 6.07) is 6.16. The minimum Gasteiger partial charge on any atom is -0.477 e. The molecule has 2 rings (SSSR count). The Morgan fingerprint density at radius 3 is 2.50 bits per heavy atom. The maximum Gasteiger partial charge on any atom is 0.348 e. The minimum absolute atomic E-state index is 0.225. The molecule has 3 N–H and O–H groups in total. The molecule has 0 aliphatic carbocycles. The summed E-state index contributed by atoms with van der Waals surface area (Å²) in [4.78, 5) is 12.3. The third-order valence-corrected chi connectivity index (χ3v) is 4.35. The molecule has 94 valence electrons. The molecular formula is C14H15NO2S. The van der Waals surface area contributed by atoms with Gasteiger partial charge < -0.3 is 10.8 Å². The molecule has 0 unspecified atom stereocenters. The van der Waals surface area contributed by atoms with E-state index in [0.29, 0.717) is 5.69 Å². The van der Waals surface area contributed by atoms with Gasteiger partial charge in [0, 0.05) is 4.88 Å². The van der Waals surface area contributed by atoms with Gasteiger partial charge in [-0.3, -0.25) is 0 Å². The maximum atomic E-state index is 11.1. The van der Waals surface area contributed by atoms with Crippen LogP contribution in [0.25, 0.3) is 10.4 Å². The Labute approximate surface area is 110 Å². The second kappa shape index (κ2) is 4.46. The van der Waals surface area contributed by atoms with Crippen LogP contribution in [0, 0.1) is 20.8 Å². The quantitative estimate of drug-likeness (QED) is 0.867. The van der Waals surface area contributed by atoms with E-state index in [1.807, 2.05) is 32.9 Å². The molecule has 18 heavy (non-hydrogen) atoms. The van der Waals surface area contributed by atoms with Crippen molar-refractivity contribution >= 4 is 23.0 Å². The maximum absolute atomic E-state index is 11.1. The number of carbonyl (C=O) groups is 1. The van der Waals surface area contributed by atoms with Crippen molar-refractivity contribution in [2.24, 2.45) is 0 Å². The molecule has 1 aromatic heterocycles. The zero-order valence-corrected chi connectivity index (χ0v) is 11.4. The Hall–Kier alpha value is -1.81. The standard InChI is InChI=1S/C14H15NO2S/c1-7-4-5-8(2)10(6-7)12-9(3)11(15)13(18-12)14(16)17/h4-6H,15H2,1-3H3,(H,16,17). The van der Waals surface area contributed by atoms with Crippen molar-refractivity contribution in [1.29, 1.82) is 0 Å². The lowest BCUT2D eigenvalue weighted by Gasteiger charge is -2.06. The lowest BCUT2D eigenvalue weighted by Crippen LogP contribution is -1.97. The third kappa shape index (κ3) is 1.99. The van der Waals surface area contributed by atoms with Crippen LogP contribution >= 0.6 is 11.3 Å². The topological polar surface area (TPSA) is 63.3 Å². The fraction of sp³-hybridized carbons (Fsp3) is 0.214. The van der Waals surface area contributed by atoms with Crippen LogP contribution in [0.3, 0.4) is 0 Å². The van der Waals surface area contributed by atoms with Gasteiger partial charge in [0.25, 0.3) is 0 Å². The highest BCUT2D eigenvalue weighted by Crippen LogP contribution is 2.39. The molecule has 0 spiro atoms. The molecular weight excluding hydrogens is 246 g/mol. The number of aromatic carboxylic acids is 1. The summed E-state index contributed by atoms with van der Waals surface area (Å²) in [5.74, 6) is -0.961. The molecule has 0 atom stereocenters. The van der Waals surface area contributed by atoms with Crippen LogP contribution in [0.1, 0.15) is 26.4 Å². The number of nitrogens with two attached hydrogens (primary N) is 1. The lowest BCUT2D eigenvalue weighted by atomic mass is 10.0. The minimum atomic E-state index is -0.961. The number of rotatable bonds is 2. The molecule has 0 aliphatic rings. The zero-order chi connectivity index (χ0) is 13.4. The third-order valence-electron chi connectivity index (χ3n) is 3.03. The van der Waals surface area contributed by atoms with E-state index in [4.69, 9.17) is 10.8 Å². The van der Waals surface area contributed by atoms with Crippen molar-refractivity contribution in [2.75, 3.05) is 5.73 Å². The number of anilines is 1. The smallest absolute Gasteiger partial charge is 0.348 e. The molecule has 0 bridgehead atoms. The number of carboxylic acids is 1. The van der Waals surface area contributed by atoms with Crippen molar-refractivity contribution < 1.29 is 9.90 Å². The Kier molecular flexibility index (Phi) is 3.13. The second-order valence-electron chi connectivity index (χ2n) is 4.42. The summed E-state index contributed by atoms with van der Waals surface area (Å²) < 4.78 is 0. The van der Waals surface area contributed by atoms with Crippen LogP contribution in [-0.2, 0) is 0 Å². The van der Waals surface area contributed by atoms with E-state index < -0.39 is 5.97 Å². The first kappa shape index (κ1) is 12.6. The molecule has 0 fully saturated rings. The van der Waals surface area contributed by atoms with Crippen molar-refractivity contribution in [3.05, 3.63) is 39.8 Å². The van der Waals surface area contributed by atoms with E-state index in [-0.39, 0.29) is 4.88 Å². The molecule has 3 nitrogen and oxygen atoms in total. The number of benzene rings is 1. The van der Waals surface area contributed by atoms with Gasteiger partial charge in [-0.2, -0.15) is 0 Å². The van der Waals surface area contributed by atoms with E-state index >= 15 is 0 Å². The summed E-state index contributed by atoms with van der Waals surface area (Å²) in [5.41, 5.74) is 10.4. The summed E-state index contributed by atoms with van der Waals surface area (Å²) in [5, 5.41) is 9.10.